The Hall–Kier alpha value is -3.32. The lowest BCUT2D eigenvalue weighted by atomic mass is 9.84. The van der Waals surface area contributed by atoms with E-state index >= 15 is 0 Å². The molecule has 0 aromatic heterocycles. The molecule has 2 aromatic rings. The average molecular weight is 495 g/mol. The van der Waals surface area contributed by atoms with Crippen molar-refractivity contribution in [3.63, 3.8) is 0 Å². The highest BCUT2D eigenvalue weighted by molar-refractivity contribution is 6.46. The molecule has 0 bridgehead atoms. The van der Waals surface area contributed by atoms with Crippen LogP contribution in [0.5, 0.6) is 11.5 Å². The summed E-state index contributed by atoms with van der Waals surface area (Å²) in [7, 11) is 3.82. The predicted molar refractivity (Wildman–Crippen MR) is 141 cm³/mol. The molecule has 0 radical (unpaired) electrons. The van der Waals surface area contributed by atoms with E-state index in [1.165, 1.54) is 4.90 Å². The first-order valence-corrected chi connectivity index (χ1v) is 12.4. The van der Waals surface area contributed by atoms with Crippen LogP contribution in [0.2, 0.25) is 0 Å². The van der Waals surface area contributed by atoms with Crippen LogP contribution in [0, 0.1) is 0 Å². The second-order valence-corrected chi connectivity index (χ2v) is 10.2. The molecule has 3 rings (SSSR count). The Bertz CT molecular complexity index is 1150. The van der Waals surface area contributed by atoms with Gasteiger partial charge in [0.25, 0.3) is 11.7 Å². The molecule has 36 heavy (non-hydrogen) atoms. The van der Waals surface area contributed by atoms with Gasteiger partial charge in [0.2, 0.25) is 0 Å². The summed E-state index contributed by atoms with van der Waals surface area (Å²) in [5, 5.41) is 11.5. The first-order valence-electron chi connectivity index (χ1n) is 12.4. The van der Waals surface area contributed by atoms with E-state index in [1.807, 2.05) is 69.2 Å². The van der Waals surface area contributed by atoms with Gasteiger partial charge in [-0.1, -0.05) is 32.9 Å². The van der Waals surface area contributed by atoms with E-state index in [0.717, 1.165) is 11.3 Å². The molecule has 7 nitrogen and oxygen atoms in total. The van der Waals surface area contributed by atoms with Gasteiger partial charge in [-0.3, -0.25) is 9.59 Å². The normalized spacial score (nSPS) is 17.7. The van der Waals surface area contributed by atoms with Crippen molar-refractivity contribution in [3.05, 3.63) is 64.7 Å². The Morgan fingerprint density at radius 2 is 1.72 bits per heavy atom. The highest BCUT2D eigenvalue weighted by Crippen LogP contribution is 2.41. The molecule has 1 aliphatic heterocycles. The molecule has 1 heterocycles. The number of Topliss-reactive ketones (excluding diaryl/α,β-unsaturated/α-hetero) is 1. The van der Waals surface area contributed by atoms with Crippen LogP contribution < -0.4 is 9.47 Å². The standard InChI is InChI=1S/C29H38N2O5/c1-8-35-21-12-10-11-19(17-21)25-24(27(33)28(34)31(25)16-15-30(6)7)26(32)20-13-14-23(36-9-2)22(18-20)29(3,4)5/h10-14,17-18,25,32H,8-9,15-16H2,1-7H3/b26-24+. The third-order valence-electron chi connectivity index (χ3n) is 6.17. The predicted octanol–water partition coefficient (Wildman–Crippen LogP) is 4.76. The van der Waals surface area contributed by atoms with Gasteiger partial charge in [-0.2, -0.15) is 0 Å². The molecular weight excluding hydrogens is 456 g/mol. The summed E-state index contributed by atoms with van der Waals surface area (Å²) < 4.78 is 11.5. The topological polar surface area (TPSA) is 79.3 Å². The number of hydrogen-bond donors (Lipinski definition) is 1. The summed E-state index contributed by atoms with van der Waals surface area (Å²) in [5.74, 6) is -0.129. The molecule has 2 aromatic carbocycles. The number of rotatable bonds is 9. The highest BCUT2D eigenvalue weighted by Gasteiger charge is 2.46. The number of benzene rings is 2. The van der Waals surface area contributed by atoms with Crippen molar-refractivity contribution in [1.29, 1.82) is 0 Å². The third kappa shape index (κ3) is 5.73. The molecule has 1 aliphatic rings. The molecule has 1 fully saturated rings. The zero-order valence-electron chi connectivity index (χ0n) is 22.4. The van der Waals surface area contributed by atoms with Gasteiger partial charge in [-0.05, 0) is 69.3 Å². The number of amides is 1. The van der Waals surface area contributed by atoms with Crippen LogP contribution in [0.4, 0.5) is 0 Å². The molecule has 194 valence electrons. The summed E-state index contributed by atoms with van der Waals surface area (Å²) in [6.45, 7) is 11.9. The second kappa shape index (κ2) is 11.2. The molecule has 1 amide bonds. The maximum absolute atomic E-state index is 13.3. The van der Waals surface area contributed by atoms with Crippen LogP contribution in [0.3, 0.4) is 0 Å². The minimum atomic E-state index is -0.727. The molecule has 0 saturated carbocycles. The molecule has 7 heteroatoms. The van der Waals surface area contributed by atoms with Crippen LogP contribution in [0.15, 0.2) is 48.0 Å². The fourth-order valence-electron chi connectivity index (χ4n) is 4.41. The molecule has 0 aliphatic carbocycles. The smallest absolute Gasteiger partial charge is 0.295 e. The minimum absolute atomic E-state index is 0.0800. The van der Waals surface area contributed by atoms with Crippen molar-refractivity contribution in [2.24, 2.45) is 0 Å². The van der Waals surface area contributed by atoms with Crippen molar-refractivity contribution in [3.8, 4) is 11.5 Å². The van der Waals surface area contributed by atoms with E-state index in [-0.39, 0.29) is 16.7 Å². The van der Waals surface area contributed by atoms with E-state index in [9.17, 15) is 14.7 Å². The average Bonchev–Trinajstić information content (AvgIpc) is 3.07. The van der Waals surface area contributed by atoms with Gasteiger partial charge >= 0.3 is 0 Å². The number of hydrogen-bond acceptors (Lipinski definition) is 6. The summed E-state index contributed by atoms with van der Waals surface area (Å²) in [4.78, 5) is 30.0. The van der Waals surface area contributed by atoms with Crippen molar-refractivity contribution >= 4 is 17.4 Å². The Morgan fingerprint density at radius 3 is 2.33 bits per heavy atom. The Morgan fingerprint density at radius 1 is 1.03 bits per heavy atom. The zero-order valence-corrected chi connectivity index (χ0v) is 22.4. The largest absolute Gasteiger partial charge is 0.507 e. The van der Waals surface area contributed by atoms with E-state index in [2.05, 4.69) is 20.8 Å². The number of carbonyl (C=O) groups excluding carboxylic acids is 2. The fourth-order valence-corrected chi connectivity index (χ4v) is 4.41. The summed E-state index contributed by atoms with van der Waals surface area (Å²) in [5.41, 5.74) is 1.91. The van der Waals surface area contributed by atoms with Crippen molar-refractivity contribution in [2.45, 2.75) is 46.1 Å². The first kappa shape index (κ1) is 27.3. The number of nitrogens with zero attached hydrogens (tertiary/aromatic N) is 2. The Kier molecular flexibility index (Phi) is 8.46. The number of aliphatic hydroxyl groups excluding tert-OH is 1. The third-order valence-corrected chi connectivity index (χ3v) is 6.17. The highest BCUT2D eigenvalue weighted by atomic mass is 16.5. The molecule has 1 N–H and O–H groups in total. The van der Waals surface area contributed by atoms with Gasteiger partial charge in [0, 0.05) is 24.2 Å². The maximum atomic E-state index is 13.3. The van der Waals surface area contributed by atoms with Crippen molar-refractivity contribution in [2.75, 3.05) is 40.4 Å². The summed E-state index contributed by atoms with van der Waals surface area (Å²) >= 11 is 0. The van der Waals surface area contributed by atoms with Crippen molar-refractivity contribution in [1.82, 2.24) is 9.80 Å². The van der Waals surface area contributed by atoms with Crippen LogP contribution in [-0.4, -0.2) is 67.0 Å². The number of aliphatic hydroxyl groups is 1. The Labute approximate surface area is 214 Å². The second-order valence-electron chi connectivity index (χ2n) is 10.2. The molecule has 1 saturated heterocycles. The van der Waals surface area contributed by atoms with Gasteiger partial charge in [-0.15, -0.1) is 0 Å². The fraction of sp³-hybridized carbons (Fsp3) is 0.448. The summed E-state index contributed by atoms with van der Waals surface area (Å²) in [6.07, 6.45) is 0. The van der Waals surface area contributed by atoms with Crippen LogP contribution in [0.1, 0.15) is 57.4 Å². The van der Waals surface area contributed by atoms with Gasteiger partial charge < -0.3 is 24.4 Å². The quantitative estimate of drug-likeness (QED) is 0.308. The molecule has 1 atom stereocenters. The molecule has 1 unspecified atom stereocenters. The maximum Gasteiger partial charge on any atom is 0.295 e. The Balaban J connectivity index is 2.20. The summed E-state index contributed by atoms with van der Waals surface area (Å²) in [6, 6.07) is 12.0. The lowest BCUT2D eigenvalue weighted by Gasteiger charge is -2.27. The van der Waals surface area contributed by atoms with Gasteiger partial charge in [0.15, 0.2) is 0 Å². The van der Waals surface area contributed by atoms with E-state index in [4.69, 9.17) is 9.47 Å². The number of likely N-dealkylation sites (tertiary alicyclic amines) is 1. The minimum Gasteiger partial charge on any atom is -0.507 e. The van der Waals surface area contributed by atoms with Crippen LogP contribution in [-0.2, 0) is 15.0 Å². The van der Waals surface area contributed by atoms with Crippen LogP contribution in [0.25, 0.3) is 5.76 Å². The first-order chi connectivity index (χ1) is 17.0. The number of ether oxygens (including phenoxy) is 2. The number of carbonyl (C=O) groups is 2. The monoisotopic (exact) mass is 494 g/mol. The van der Waals surface area contributed by atoms with Gasteiger partial charge in [0.05, 0.1) is 24.8 Å². The lowest BCUT2D eigenvalue weighted by Crippen LogP contribution is -2.35. The van der Waals surface area contributed by atoms with E-state index in [0.29, 0.717) is 43.2 Å². The van der Waals surface area contributed by atoms with Gasteiger partial charge in [0.1, 0.15) is 17.3 Å². The number of likely N-dealkylation sites (N-methyl/N-ethyl adjacent to an activating group) is 1. The van der Waals surface area contributed by atoms with Crippen LogP contribution >= 0.6 is 0 Å². The van der Waals surface area contributed by atoms with E-state index < -0.39 is 17.7 Å². The van der Waals surface area contributed by atoms with Crippen molar-refractivity contribution < 1.29 is 24.2 Å². The van der Waals surface area contributed by atoms with Gasteiger partial charge in [-0.25, -0.2) is 0 Å². The SMILES string of the molecule is CCOc1cccc(C2/C(=C(\O)c3ccc(OCC)c(C(C)(C)C)c3)C(=O)C(=O)N2CCN(C)C)c1. The molecule has 0 spiro atoms. The zero-order chi connectivity index (χ0) is 26.6. The number of ketones is 1. The van der Waals surface area contributed by atoms with E-state index in [1.54, 1.807) is 6.07 Å². The lowest BCUT2D eigenvalue weighted by molar-refractivity contribution is -0.140. The molecular formula is C29H38N2O5.